The number of nitrogens with zero attached hydrogens (tertiary/aromatic N) is 2. The number of hydrogen-bond donors (Lipinski definition) is 1. The maximum absolute atomic E-state index is 13.4. The third-order valence-electron chi connectivity index (χ3n) is 2.47. The van der Waals surface area contributed by atoms with Crippen molar-refractivity contribution in [2.24, 2.45) is 0 Å². The smallest absolute Gasteiger partial charge is 0.277 e. The van der Waals surface area contributed by atoms with Gasteiger partial charge in [-0.3, -0.25) is 9.48 Å². The van der Waals surface area contributed by atoms with E-state index < -0.39 is 11.7 Å². The van der Waals surface area contributed by atoms with Gasteiger partial charge in [0.15, 0.2) is 5.69 Å². The molecule has 1 aromatic carbocycles. The predicted octanol–water partition coefficient (Wildman–Crippen LogP) is 3.60. The van der Waals surface area contributed by atoms with Crippen LogP contribution in [-0.2, 0) is 6.54 Å². The van der Waals surface area contributed by atoms with Gasteiger partial charge in [-0.15, -0.1) is 0 Å². The minimum absolute atomic E-state index is 0.0308. The molecule has 0 radical (unpaired) electrons. The van der Waals surface area contributed by atoms with E-state index in [1.165, 1.54) is 22.9 Å². The van der Waals surface area contributed by atoms with E-state index in [9.17, 15) is 9.18 Å². The van der Waals surface area contributed by atoms with Gasteiger partial charge >= 0.3 is 0 Å². The number of benzene rings is 1. The molecule has 100 valence electrons. The van der Waals surface area contributed by atoms with Gasteiger partial charge in [0.2, 0.25) is 0 Å². The molecule has 1 aromatic heterocycles. The second-order valence-corrected chi connectivity index (χ2v) is 4.44. The average Bonchev–Trinajstić information content (AvgIpc) is 2.69. The van der Waals surface area contributed by atoms with Gasteiger partial charge in [-0.25, -0.2) is 4.39 Å². The Morgan fingerprint density at radius 1 is 1.42 bits per heavy atom. The van der Waals surface area contributed by atoms with Gasteiger partial charge in [0.05, 0.1) is 5.69 Å². The van der Waals surface area contributed by atoms with E-state index in [0.717, 1.165) is 0 Å². The van der Waals surface area contributed by atoms with Crippen molar-refractivity contribution < 1.29 is 9.18 Å². The first-order valence-electron chi connectivity index (χ1n) is 5.52. The van der Waals surface area contributed by atoms with Gasteiger partial charge in [-0.05, 0) is 19.1 Å². The van der Waals surface area contributed by atoms with Crippen LogP contribution in [0.3, 0.4) is 0 Å². The number of aromatic nitrogens is 2. The molecule has 0 saturated heterocycles. The Labute approximate surface area is 119 Å². The fourth-order valence-electron chi connectivity index (χ4n) is 1.52. The first-order chi connectivity index (χ1) is 9.04. The molecule has 0 atom stereocenters. The minimum Gasteiger partial charge on any atom is -0.318 e. The highest BCUT2D eigenvalue weighted by Gasteiger charge is 2.20. The third kappa shape index (κ3) is 2.72. The van der Waals surface area contributed by atoms with Crippen molar-refractivity contribution in [3.05, 3.63) is 46.0 Å². The highest BCUT2D eigenvalue weighted by molar-refractivity contribution is 6.43. The lowest BCUT2D eigenvalue weighted by Crippen LogP contribution is -2.14. The quantitative estimate of drug-likeness (QED) is 0.941. The van der Waals surface area contributed by atoms with Gasteiger partial charge in [-0.1, -0.05) is 35.3 Å². The molecule has 0 unspecified atom stereocenters. The molecule has 0 saturated carbocycles. The SMILES string of the molecule is CCn1nc(C(=O)Nc2ccccc2F)c(Cl)c1Cl. The van der Waals surface area contributed by atoms with E-state index in [-0.39, 0.29) is 21.6 Å². The van der Waals surface area contributed by atoms with Gasteiger partial charge in [-0.2, -0.15) is 5.10 Å². The van der Waals surface area contributed by atoms with E-state index >= 15 is 0 Å². The molecule has 0 aliphatic carbocycles. The number of nitrogens with one attached hydrogen (secondary N) is 1. The maximum atomic E-state index is 13.4. The molecular weight excluding hydrogens is 292 g/mol. The Kier molecular flexibility index (Phi) is 4.07. The fraction of sp³-hybridized carbons (Fsp3) is 0.167. The maximum Gasteiger partial charge on any atom is 0.277 e. The molecule has 2 rings (SSSR count). The zero-order valence-corrected chi connectivity index (χ0v) is 11.5. The summed E-state index contributed by atoms with van der Waals surface area (Å²) >= 11 is 11.8. The lowest BCUT2D eigenvalue weighted by Gasteiger charge is -2.04. The van der Waals surface area contributed by atoms with E-state index in [1.807, 2.05) is 6.92 Å². The molecule has 1 amide bonds. The van der Waals surface area contributed by atoms with Crippen molar-refractivity contribution in [1.82, 2.24) is 9.78 Å². The van der Waals surface area contributed by atoms with Crippen molar-refractivity contribution in [3.63, 3.8) is 0 Å². The van der Waals surface area contributed by atoms with Crippen LogP contribution in [0.25, 0.3) is 0 Å². The van der Waals surface area contributed by atoms with Crippen LogP contribution in [0, 0.1) is 5.82 Å². The Bertz CT molecular complexity index is 627. The van der Waals surface area contributed by atoms with E-state index in [1.54, 1.807) is 6.07 Å². The van der Waals surface area contributed by atoms with Crippen LogP contribution >= 0.6 is 23.2 Å². The monoisotopic (exact) mass is 301 g/mol. The van der Waals surface area contributed by atoms with E-state index in [0.29, 0.717) is 6.54 Å². The molecule has 0 aliphatic rings. The summed E-state index contributed by atoms with van der Waals surface area (Å²) in [5.41, 5.74) is 0.0301. The summed E-state index contributed by atoms with van der Waals surface area (Å²) in [5.74, 6) is -1.14. The van der Waals surface area contributed by atoms with Crippen molar-refractivity contribution in [2.75, 3.05) is 5.32 Å². The molecule has 1 N–H and O–H groups in total. The molecule has 19 heavy (non-hydrogen) atoms. The largest absolute Gasteiger partial charge is 0.318 e. The van der Waals surface area contributed by atoms with Gasteiger partial charge in [0.1, 0.15) is 16.0 Å². The summed E-state index contributed by atoms with van der Waals surface area (Å²) in [6, 6.07) is 5.83. The van der Waals surface area contributed by atoms with Crippen LogP contribution in [0.15, 0.2) is 24.3 Å². The van der Waals surface area contributed by atoms with Crippen molar-refractivity contribution >= 4 is 34.8 Å². The first-order valence-corrected chi connectivity index (χ1v) is 6.27. The van der Waals surface area contributed by atoms with Crippen LogP contribution in [0.2, 0.25) is 10.2 Å². The standard InChI is InChI=1S/C12H10Cl2FN3O/c1-2-18-11(14)9(13)10(17-18)12(19)16-8-6-4-3-5-7(8)15/h3-6H,2H2,1H3,(H,16,19). The predicted molar refractivity (Wildman–Crippen MR) is 72.3 cm³/mol. The molecule has 0 spiro atoms. The molecule has 1 heterocycles. The second kappa shape index (κ2) is 5.59. The summed E-state index contributed by atoms with van der Waals surface area (Å²) in [4.78, 5) is 12.0. The lowest BCUT2D eigenvalue weighted by molar-refractivity contribution is 0.102. The summed E-state index contributed by atoms with van der Waals surface area (Å²) in [7, 11) is 0. The molecular formula is C12H10Cl2FN3O. The number of para-hydroxylation sites is 1. The van der Waals surface area contributed by atoms with Crippen LogP contribution in [0.1, 0.15) is 17.4 Å². The van der Waals surface area contributed by atoms with Gasteiger partial charge in [0, 0.05) is 6.54 Å². The Balaban J connectivity index is 2.28. The molecule has 0 fully saturated rings. The van der Waals surface area contributed by atoms with Crippen LogP contribution in [0.5, 0.6) is 0 Å². The van der Waals surface area contributed by atoms with Crippen LogP contribution < -0.4 is 5.32 Å². The Morgan fingerprint density at radius 3 is 2.68 bits per heavy atom. The zero-order chi connectivity index (χ0) is 14.0. The van der Waals surface area contributed by atoms with Crippen LogP contribution in [-0.4, -0.2) is 15.7 Å². The van der Waals surface area contributed by atoms with Crippen molar-refractivity contribution in [1.29, 1.82) is 0 Å². The second-order valence-electron chi connectivity index (χ2n) is 3.70. The number of carbonyl (C=O) groups is 1. The summed E-state index contributed by atoms with van der Waals surface area (Å²) in [5, 5.41) is 6.61. The average molecular weight is 302 g/mol. The first kappa shape index (κ1) is 13.8. The van der Waals surface area contributed by atoms with Crippen LogP contribution in [0.4, 0.5) is 10.1 Å². The molecule has 0 bridgehead atoms. The number of aryl methyl sites for hydroxylation is 1. The minimum atomic E-state index is -0.607. The zero-order valence-electron chi connectivity index (χ0n) is 9.95. The summed E-state index contributed by atoms with van der Waals surface area (Å²) < 4.78 is 14.8. The molecule has 4 nitrogen and oxygen atoms in total. The fourth-order valence-corrected chi connectivity index (χ4v) is 1.99. The number of rotatable bonds is 3. The number of halogens is 3. The summed E-state index contributed by atoms with van der Waals surface area (Å²) in [6.07, 6.45) is 0. The molecule has 7 heteroatoms. The summed E-state index contributed by atoms with van der Waals surface area (Å²) in [6.45, 7) is 2.29. The normalized spacial score (nSPS) is 10.5. The number of amides is 1. The lowest BCUT2D eigenvalue weighted by atomic mass is 10.3. The van der Waals surface area contributed by atoms with Gasteiger partial charge < -0.3 is 5.32 Å². The number of anilines is 1. The number of carbonyl (C=O) groups excluding carboxylic acids is 1. The van der Waals surface area contributed by atoms with Crippen molar-refractivity contribution in [3.8, 4) is 0 Å². The third-order valence-corrected chi connectivity index (χ3v) is 3.31. The highest BCUT2D eigenvalue weighted by Crippen LogP contribution is 2.26. The molecule has 0 aliphatic heterocycles. The topological polar surface area (TPSA) is 46.9 Å². The Morgan fingerprint density at radius 2 is 2.11 bits per heavy atom. The van der Waals surface area contributed by atoms with E-state index in [2.05, 4.69) is 10.4 Å². The number of hydrogen-bond acceptors (Lipinski definition) is 2. The molecule has 2 aromatic rings. The van der Waals surface area contributed by atoms with E-state index in [4.69, 9.17) is 23.2 Å². The highest BCUT2D eigenvalue weighted by atomic mass is 35.5. The Hall–Kier alpha value is -1.59. The van der Waals surface area contributed by atoms with Crippen molar-refractivity contribution in [2.45, 2.75) is 13.5 Å². The van der Waals surface area contributed by atoms with Gasteiger partial charge in [0.25, 0.3) is 5.91 Å².